The van der Waals surface area contributed by atoms with Gasteiger partial charge >= 0.3 is 0 Å². The molecule has 0 radical (unpaired) electrons. The van der Waals surface area contributed by atoms with E-state index in [0.717, 1.165) is 40.3 Å². The molecular weight excluding hydrogens is 443 g/mol. The molecule has 33 heavy (non-hydrogen) atoms. The highest BCUT2D eigenvalue weighted by molar-refractivity contribution is 7.89. The third-order valence-electron chi connectivity index (χ3n) is 6.27. The summed E-state index contributed by atoms with van der Waals surface area (Å²) in [7, 11) is -0.606. The van der Waals surface area contributed by atoms with Crippen molar-refractivity contribution in [1.82, 2.24) is 20.1 Å². The monoisotopic (exact) mass is 476 g/mol. The molecule has 2 aromatic rings. The number of nitrogens with zero attached hydrogens (tertiary/aromatic N) is 2. The maximum absolute atomic E-state index is 13.1. The molecule has 1 aliphatic rings. The van der Waals surface area contributed by atoms with Crippen molar-refractivity contribution in [2.24, 2.45) is 0 Å². The molecule has 2 unspecified atom stereocenters. The van der Waals surface area contributed by atoms with E-state index in [1.165, 1.54) is 19.2 Å². The van der Waals surface area contributed by atoms with Gasteiger partial charge in [0.05, 0.1) is 11.4 Å². The van der Waals surface area contributed by atoms with Gasteiger partial charge in [-0.15, -0.1) is 0 Å². The molecule has 1 fully saturated rings. The molecule has 2 atom stereocenters. The van der Waals surface area contributed by atoms with Crippen molar-refractivity contribution in [3.05, 3.63) is 65.0 Å². The number of sulfonamides is 1. The third-order valence-corrected chi connectivity index (χ3v) is 8.07. The van der Waals surface area contributed by atoms with Crippen molar-refractivity contribution < 1.29 is 17.6 Å². The van der Waals surface area contributed by atoms with E-state index in [2.05, 4.69) is 10.9 Å². The van der Waals surface area contributed by atoms with Crippen LogP contribution >= 0.6 is 0 Å². The number of likely N-dealkylation sites (N-methyl/N-ethyl adjacent to an activating group) is 2. The van der Waals surface area contributed by atoms with Crippen LogP contribution in [0.4, 0.5) is 4.39 Å². The lowest BCUT2D eigenvalue weighted by Gasteiger charge is -2.22. The molecule has 1 amide bonds. The number of benzene rings is 2. The van der Waals surface area contributed by atoms with Gasteiger partial charge < -0.3 is 4.90 Å². The summed E-state index contributed by atoms with van der Waals surface area (Å²) in [6.07, 6.45) is 2.52. The number of aryl methyl sites for hydroxylation is 2. The number of carbonyl (C=O) groups is 1. The molecule has 0 aromatic heterocycles. The van der Waals surface area contributed by atoms with E-state index in [0.29, 0.717) is 6.54 Å². The van der Waals surface area contributed by atoms with Crippen LogP contribution in [0.15, 0.2) is 47.4 Å². The van der Waals surface area contributed by atoms with Crippen LogP contribution in [0.25, 0.3) is 0 Å². The van der Waals surface area contributed by atoms with Crippen molar-refractivity contribution in [2.75, 3.05) is 27.2 Å². The SMILES string of the molecule is Cc1ccc(S(=O)(=O)N(C)CC(=O)N(C)CCCC2CC(c3ccc(F)cc3)NN2)cc1C. The summed E-state index contributed by atoms with van der Waals surface area (Å²) in [4.78, 5) is 14.4. The van der Waals surface area contributed by atoms with Gasteiger partial charge in [-0.3, -0.25) is 15.6 Å². The highest BCUT2D eigenvalue weighted by Gasteiger charge is 2.26. The van der Waals surface area contributed by atoms with Gasteiger partial charge in [0.25, 0.3) is 0 Å². The standard InChI is InChI=1S/C24H33FN4O3S/c1-17-7-12-22(14-18(17)2)33(31,32)29(4)16-24(30)28(3)13-5-6-21-15-23(27-26-21)19-8-10-20(25)11-9-19/h7-12,14,21,23,26-27H,5-6,13,15-16H2,1-4H3. The lowest BCUT2D eigenvalue weighted by Crippen LogP contribution is -2.40. The van der Waals surface area contributed by atoms with Crippen LogP contribution in [-0.4, -0.2) is 56.8 Å². The van der Waals surface area contributed by atoms with Gasteiger partial charge in [0.2, 0.25) is 15.9 Å². The molecule has 180 valence electrons. The molecule has 2 aromatic carbocycles. The summed E-state index contributed by atoms with van der Waals surface area (Å²) in [6.45, 7) is 4.12. The average Bonchev–Trinajstić information content (AvgIpc) is 3.24. The maximum Gasteiger partial charge on any atom is 0.243 e. The number of hydrazine groups is 1. The Kier molecular flexibility index (Phi) is 8.23. The Morgan fingerprint density at radius 1 is 1.06 bits per heavy atom. The molecule has 3 rings (SSSR count). The second-order valence-electron chi connectivity index (χ2n) is 8.79. The smallest absolute Gasteiger partial charge is 0.243 e. The third kappa shape index (κ3) is 6.38. The Morgan fingerprint density at radius 3 is 2.42 bits per heavy atom. The molecule has 7 nitrogen and oxygen atoms in total. The molecule has 0 spiro atoms. The van der Waals surface area contributed by atoms with Crippen LogP contribution in [0.1, 0.15) is 42.0 Å². The second-order valence-corrected chi connectivity index (χ2v) is 10.8. The fraction of sp³-hybridized carbons (Fsp3) is 0.458. The summed E-state index contributed by atoms with van der Waals surface area (Å²) < 4.78 is 39.9. The minimum absolute atomic E-state index is 0.124. The van der Waals surface area contributed by atoms with Crippen LogP contribution < -0.4 is 10.9 Å². The van der Waals surface area contributed by atoms with E-state index < -0.39 is 10.0 Å². The molecule has 9 heteroatoms. The fourth-order valence-corrected chi connectivity index (χ4v) is 5.08. The van der Waals surface area contributed by atoms with Gasteiger partial charge in [0, 0.05) is 32.7 Å². The second kappa shape index (κ2) is 10.7. The Balaban J connectivity index is 1.45. The summed E-state index contributed by atoms with van der Waals surface area (Å²) in [5.41, 5.74) is 9.45. The average molecular weight is 477 g/mol. The summed E-state index contributed by atoms with van der Waals surface area (Å²) in [6, 6.07) is 11.8. The molecule has 0 aliphatic carbocycles. The van der Waals surface area contributed by atoms with Crippen LogP contribution in [0.3, 0.4) is 0 Å². The minimum atomic E-state index is -3.73. The van der Waals surface area contributed by atoms with Crippen molar-refractivity contribution in [3.63, 3.8) is 0 Å². The first-order valence-corrected chi connectivity index (χ1v) is 12.6. The van der Waals surface area contributed by atoms with Crippen molar-refractivity contribution >= 4 is 15.9 Å². The van der Waals surface area contributed by atoms with Crippen LogP contribution in [0.2, 0.25) is 0 Å². The highest BCUT2D eigenvalue weighted by atomic mass is 32.2. The Labute approximate surface area is 196 Å². The summed E-state index contributed by atoms with van der Waals surface area (Å²) in [5.74, 6) is -0.493. The van der Waals surface area contributed by atoms with Gasteiger partial charge in [0.15, 0.2) is 0 Å². The Bertz CT molecular complexity index is 1080. The van der Waals surface area contributed by atoms with Crippen molar-refractivity contribution in [1.29, 1.82) is 0 Å². The molecule has 1 aliphatic heterocycles. The van der Waals surface area contributed by atoms with Crippen LogP contribution in [0, 0.1) is 19.7 Å². The molecule has 2 N–H and O–H groups in total. The summed E-state index contributed by atoms with van der Waals surface area (Å²) in [5, 5.41) is 0. The van der Waals surface area contributed by atoms with Gasteiger partial charge in [-0.05, 0) is 74.1 Å². The lowest BCUT2D eigenvalue weighted by molar-refractivity contribution is -0.130. The van der Waals surface area contributed by atoms with Gasteiger partial charge in [-0.1, -0.05) is 18.2 Å². The van der Waals surface area contributed by atoms with E-state index in [-0.39, 0.29) is 35.2 Å². The highest BCUT2D eigenvalue weighted by Crippen LogP contribution is 2.24. The van der Waals surface area contributed by atoms with E-state index >= 15 is 0 Å². The van der Waals surface area contributed by atoms with Gasteiger partial charge in [0.1, 0.15) is 5.82 Å². The quantitative estimate of drug-likeness (QED) is 0.582. The van der Waals surface area contributed by atoms with Crippen molar-refractivity contribution in [3.8, 4) is 0 Å². The molecular formula is C24H33FN4O3S. The van der Waals surface area contributed by atoms with E-state index in [1.54, 1.807) is 42.3 Å². The minimum Gasteiger partial charge on any atom is -0.345 e. The normalized spacial score (nSPS) is 18.6. The van der Waals surface area contributed by atoms with E-state index in [1.807, 2.05) is 13.8 Å². The number of amides is 1. The molecule has 1 saturated heterocycles. The number of hydrogen-bond acceptors (Lipinski definition) is 5. The van der Waals surface area contributed by atoms with Crippen molar-refractivity contribution in [2.45, 2.75) is 50.1 Å². The fourth-order valence-electron chi connectivity index (χ4n) is 3.88. The number of halogens is 1. The predicted octanol–water partition coefficient (Wildman–Crippen LogP) is 2.91. The Hall–Kier alpha value is -2.33. The number of nitrogens with one attached hydrogen (secondary N) is 2. The lowest BCUT2D eigenvalue weighted by atomic mass is 9.99. The zero-order valence-corrected chi connectivity index (χ0v) is 20.5. The number of hydrogen-bond donors (Lipinski definition) is 2. The zero-order chi connectivity index (χ0) is 24.2. The summed E-state index contributed by atoms with van der Waals surface area (Å²) >= 11 is 0. The first-order chi connectivity index (χ1) is 15.6. The first-order valence-electron chi connectivity index (χ1n) is 11.1. The maximum atomic E-state index is 13.1. The van der Waals surface area contributed by atoms with E-state index in [9.17, 15) is 17.6 Å². The topological polar surface area (TPSA) is 81.8 Å². The molecule has 0 bridgehead atoms. The molecule has 1 heterocycles. The number of carbonyl (C=O) groups excluding carboxylic acids is 1. The Morgan fingerprint density at radius 2 is 1.76 bits per heavy atom. The first kappa shape index (κ1) is 25.3. The van der Waals surface area contributed by atoms with Crippen LogP contribution in [-0.2, 0) is 14.8 Å². The van der Waals surface area contributed by atoms with Gasteiger partial charge in [-0.25, -0.2) is 12.8 Å². The molecule has 0 saturated carbocycles. The largest absolute Gasteiger partial charge is 0.345 e. The zero-order valence-electron chi connectivity index (χ0n) is 19.6. The number of rotatable bonds is 9. The van der Waals surface area contributed by atoms with Gasteiger partial charge in [-0.2, -0.15) is 4.31 Å². The predicted molar refractivity (Wildman–Crippen MR) is 126 cm³/mol. The van der Waals surface area contributed by atoms with E-state index in [4.69, 9.17) is 0 Å². The van der Waals surface area contributed by atoms with Crippen LogP contribution in [0.5, 0.6) is 0 Å².